The second-order valence-electron chi connectivity index (χ2n) is 5.29. The summed E-state index contributed by atoms with van der Waals surface area (Å²) in [6.45, 7) is 3.90. The molecule has 1 aromatic carbocycles. The highest BCUT2D eigenvalue weighted by Gasteiger charge is 2.17. The lowest BCUT2D eigenvalue weighted by atomic mass is 10.1. The van der Waals surface area contributed by atoms with Crippen molar-refractivity contribution in [3.63, 3.8) is 0 Å². The van der Waals surface area contributed by atoms with Crippen LogP contribution in [0.25, 0.3) is 10.2 Å². The van der Waals surface area contributed by atoms with Gasteiger partial charge in [0.15, 0.2) is 0 Å². The van der Waals surface area contributed by atoms with Crippen LogP contribution in [0.3, 0.4) is 0 Å². The predicted octanol–water partition coefficient (Wildman–Crippen LogP) is 4.09. The zero-order chi connectivity index (χ0) is 15.9. The third-order valence-corrected chi connectivity index (χ3v) is 5.05. The average molecular weight is 334 g/mol. The Morgan fingerprint density at radius 1 is 1.41 bits per heavy atom. The van der Waals surface area contributed by atoms with Crippen LogP contribution in [0.1, 0.15) is 33.9 Å². The van der Waals surface area contributed by atoms with Gasteiger partial charge >= 0.3 is 0 Å². The quantitative estimate of drug-likeness (QED) is 0.784. The van der Waals surface area contributed by atoms with Crippen molar-refractivity contribution < 1.29 is 4.79 Å². The summed E-state index contributed by atoms with van der Waals surface area (Å²) in [6.07, 6.45) is 0. The summed E-state index contributed by atoms with van der Waals surface area (Å²) in [5.74, 6) is -0.0759. The van der Waals surface area contributed by atoms with Crippen molar-refractivity contribution in [3.05, 3.63) is 51.5 Å². The van der Waals surface area contributed by atoms with Crippen LogP contribution in [-0.4, -0.2) is 15.7 Å². The first-order chi connectivity index (χ1) is 10.5. The molecule has 0 fully saturated rings. The summed E-state index contributed by atoms with van der Waals surface area (Å²) in [4.78, 5) is 14.1. The zero-order valence-corrected chi connectivity index (χ0v) is 14.1. The van der Waals surface area contributed by atoms with E-state index in [1.165, 1.54) is 11.3 Å². The van der Waals surface area contributed by atoms with Crippen molar-refractivity contribution in [1.29, 1.82) is 0 Å². The Labute approximate surface area is 137 Å². The average Bonchev–Trinajstić information content (AvgIpc) is 3.01. The summed E-state index contributed by atoms with van der Waals surface area (Å²) in [7, 11) is 1.89. The van der Waals surface area contributed by atoms with Gasteiger partial charge in [0.2, 0.25) is 0 Å². The van der Waals surface area contributed by atoms with Crippen LogP contribution in [0.5, 0.6) is 0 Å². The Balaban J connectivity index is 1.82. The van der Waals surface area contributed by atoms with Crippen molar-refractivity contribution >= 4 is 39.1 Å². The predicted molar refractivity (Wildman–Crippen MR) is 90.7 cm³/mol. The maximum absolute atomic E-state index is 12.4. The van der Waals surface area contributed by atoms with Crippen molar-refractivity contribution in [2.24, 2.45) is 7.05 Å². The fourth-order valence-electron chi connectivity index (χ4n) is 2.44. The van der Waals surface area contributed by atoms with Crippen LogP contribution < -0.4 is 5.32 Å². The molecule has 0 spiro atoms. The first-order valence-corrected chi connectivity index (χ1v) is 8.14. The van der Waals surface area contributed by atoms with E-state index in [1.807, 2.05) is 55.9 Å². The number of nitrogens with zero attached hydrogens (tertiary/aromatic N) is 2. The molecular weight excluding hydrogens is 318 g/mol. The highest BCUT2D eigenvalue weighted by Crippen LogP contribution is 2.28. The molecule has 2 heterocycles. The number of fused-ring (bicyclic) bond motifs is 1. The van der Waals surface area contributed by atoms with E-state index in [9.17, 15) is 4.79 Å². The van der Waals surface area contributed by atoms with Gasteiger partial charge in [0, 0.05) is 17.5 Å². The molecule has 6 heteroatoms. The minimum Gasteiger partial charge on any atom is -0.345 e. The maximum atomic E-state index is 12.4. The Hall–Kier alpha value is -1.85. The number of nitrogens with one attached hydrogen (secondary N) is 1. The number of hydrogen-bond acceptors (Lipinski definition) is 3. The number of thiophene rings is 1. The van der Waals surface area contributed by atoms with Gasteiger partial charge < -0.3 is 5.32 Å². The molecule has 3 aromatic rings. The second kappa shape index (κ2) is 5.74. The second-order valence-corrected chi connectivity index (χ2v) is 6.76. The van der Waals surface area contributed by atoms with Crippen LogP contribution in [0.4, 0.5) is 0 Å². The molecule has 0 aliphatic rings. The lowest BCUT2D eigenvalue weighted by Gasteiger charge is -2.13. The SMILES string of the molecule is Cc1nn(C)c2sc(C(=O)N[C@H](C)c3cccc(Cl)c3)cc12. The lowest BCUT2D eigenvalue weighted by molar-refractivity contribution is 0.0944. The van der Waals surface area contributed by atoms with Crippen LogP contribution in [-0.2, 0) is 7.05 Å². The minimum atomic E-state index is -0.101. The van der Waals surface area contributed by atoms with E-state index in [0.29, 0.717) is 9.90 Å². The molecule has 0 aliphatic carbocycles. The number of aromatic nitrogens is 2. The van der Waals surface area contributed by atoms with Crippen LogP contribution in [0, 0.1) is 6.92 Å². The summed E-state index contributed by atoms with van der Waals surface area (Å²) < 4.78 is 1.81. The van der Waals surface area contributed by atoms with Crippen LogP contribution >= 0.6 is 22.9 Å². The number of benzene rings is 1. The molecule has 1 amide bonds. The van der Waals surface area contributed by atoms with Gasteiger partial charge in [0.1, 0.15) is 4.83 Å². The van der Waals surface area contributed by atoms with E-state index in [2.05, 4.69) is 10.4 Å². The summed E-state index contributed by atoms with van der Waals surface area (Å²) >= 11 is 7.45. The number of carbonyl (C=O) groups is 1. The van der Waals surface area contributed by atoms with Crippen LogP contribution in [0.15, 0.2) is 30.3 Å². The smallest absolute Gasteiger partial charge is 0.261 e. The molecule has 0 radical (unpaired) electrons. The van der Waals surface area contributed by atoms with E-state index < -0.39 is 0 Å². The normalized spacial score (nSPS) is 12.5. The van der Waals surface area contributed by atoms with E-state index >= 15 is 0 Å². The number of rotatable bonds is 3. The molecule has 0 unspecified atom stereocenters. The van der Waals surface area contributed by atoms with Gasteiger partial charge in [-0.15, -0.1) is 11.3 Å². The van der Waals surface area contributed by atoms with Gasteiger partial charge in [-0.2, -0.15) is 5.10 Å². The van der Waals surface area contributed by atoms with Gasteiger partial charge in [0.05, 0.1) is 16.6 Å². The van der Waals surface area contributed by atoms with E-state index in [1.54, 1.807) is 0 Å². The summed E-state index contributed by atoms with van der Waals surface area (Å²) in [5.41, 5.74) is 1.93. The number of hydrogen-bond donors (Lipinski definition) is 1. The lowest BCUT2D eigenvalue weighted by Crippen LogP contribution is -2.25. The number of carbonyl (C=O) groups excluding carboxylic acids is 1. The Morgan fingerprint density at radius 3 is 2.86 bits per heavy atom. The first kappa shape index (κ1) is 15.1. The third-order valence-electron chi connectivity index (χ3n) is 3.62. The van der Waals surface area contributed by atoms with Crippen molar-refractivity contribution in [1.82, 2.24) is 15.1 Å². The van der Waals surface area contributed by atoms with Gasteiger partial charge in [0.25, 0.3) is 5.91 Å². The molecule has 3 rings (SSSR count). The standard InChI is InChI=1S/C16H16ClN3OS/c1-9(11-5-4-6-12(17)7-11)18-15(21)14-8-13-10(2)19-20(3)16(13)22-14/h4-9H,1-3H3,(H,18,21)/t9-/m1/s1. The Kier molecular flexibility index (Phi) is 3.93. The highest BCUT2D eigenvalue weighted by atomic mass is 35.5. The molecule has 22 heavy (non-hydrogen) atoms. The molecule has 0 bridgehead atoms. The zero-order valence-electron chi connectivity index (χ0n) is 12.6. The van der Waals surface area contributed by atoms with Crippen molar-refractivity contribution in [3.8, 4) is 0 Å². The van der Waals surface area contributed by atoms with Crippen molar-refractivity contribution in [2.45, 2.75) is 19.9 Å². The first-order valence-electron chi connectivity index (χ1n) is 6.95. The number of halogens is 1. The molecule has 4 nitrogen and oxygen atoms in total. The molecule has 0 saturated carbocycles. The van der Waals surface area contributed by atoms with E-state index in [4.69, 9.17) is 11.6 Å². The maximum Gasteiger partial charge on any atom is 0.261 e. The van der Waals surface area contributed by atoms with Crippen LogP contribution in [0.2, 0.25) is 5.02 Å². The van der Waals surface area contributed by atoms with Crippen molar-refractivity contribution in [2.75, 3.05) is 0 Å². The molecule has 0 saturated heterocycles. The topological polar surface area (TPSA) is 46.9 Å². The van der Waals surface area contributed by atoms with E-state index in [0.717, 1.165) is 21.5 Å². The molecule has 1 N–H and O–H groups in total. The largest absolute Gasteiger partial charge is 0.345 e. The number of amides is 1. The monoisotopic (exact) mass is 333 g/mol. The summed E-state index contributed by atoms with van der Waals surface area (Å²) in [5, 5.41) is 9.07. The van der Waals surface area contributed by atoms with Gasteiger partial charge in [-0.3, -0.25) is 9.48 Å². The fraction of sp³-hybridized carbons (Fsp3) is 0.250. The summed E-state index contributed by atoms with van der Waals surface area (Å²) in [6, 6.07) is 9.33. The minimum absolute atomic E-state index is 0.0759. The molecule has 0 aliphatic heterocycles. The van der Waals surface area contributed by atoms with E-state index in [-0.39, 0.29) is 11.9 Å². The Bertz CT molecular complexity index is 818. The van der Waals surface area contributed by atoms with Gasteiger partial charge in [-0.05, 0) is 37.6 Å². The fourth-order valence-corrected chi connectivity index (χ4v) is 3.67. The molecule has 114 valence electrons. The molecule has 2 aromatic heterocycles. The van der Waals surface area contributed by atoms with Gasteiger partial charge in [-0.1, -0.05) is 23.7 Å². The third kappa shape index (κ3) is 2.74. The number of aryl methyl sites for hydroxylation is 2. The highest BCUT2D eigenvalue weighted by molar-refractivity contribution is 7.20. The Morgan fingerprint density at radius 2 is 2.18 bits per heavy atom. The molecular formula is C16H16ClN3OS. The van der Waals surface area contributed by atoms with Gasteiger partial charge in [-0.25, -0.2) is 0 Å². The molecule has 1 atom stereocenters.